The van der Waals surface area contributed by atoms with E-state index in [1.807, 2.05) is 18.2 Å². The highest BCUT2D eigenvalue weighted by molar-refractivity contribution is 6.34. The molecule has 0 saturated heterocycles. The molecule has 0 aliphatic heterocycles. The maximum absolute atomic E-state index is 6.28. The van der Waals surface area contributed by atoms with Gasteiger partial charge < -0.3 is 0 Å². The fourth-order valence-electron chi connectivity index (χ4n) is 1.31. The number of hydrogen-bond donors (Lipinski definition) is 0. The predicted octanol–water partition coefficient (Wildman–Crippen LogP) is 2.81. The zero-order chi connectivity index (χ0) is 9.84. The van der Waals surface area contributed by atoms with Crippen LogP contribution in [0, 0.1) is 5.92 Å². The van der Waals surface area contributed by atoms with Crippen LogP contribution >= 0.6 is 11.6 Å². The van der Waals surface area contributed by atoms with Crippen molar-refractivity contribution in [3.05, 3.63) is 29.8 Å². The highest BCUT2D eigenvalue weighted by Crippen LogP contribution is 2.25. The molecule has 0 N–H and O–H groups in total. The predicted molar refractivity (Wildman–Crippen MR) is 59.9 cm³/mol. The standard InChI is InChI=1S/C11H14ClSi/c1-8(2)7-10(12)9-5-3-4-6-11(9)13/h3-6,8,10H,7H2,1-2H3. The van der Waals surface area contributed by atoms with Crippen molar-refractivity contribution in [2.45, 2.75) is 25.6 Å². The number of alkyl halides is 1. The van der Waals surface area contributed by atoms with Gasteiger partial charge in [0.15, 0.2) is 0 Å². The number of benzene rings is 1. The lowest BCUT2D eigenvalue weighted by Crippen LogP contribution is -2.12. The molecule has 1 aromatic carbocycles. The van der Waals surface area contributed by atoms with E-state index in [1.165, 1.54) is 5.56 Å². The topological polar surface area (TPSA) is 0 Å². The highest BCUT2D eigenvalue weighted by Gasteiger charge is 2.11. The van der Waals surface area contributed by atoms with Crippen LogP contribution in [0.4, 0.5) is 0 Å². The van der Waals surface area contributed by atoms with Crippen LogP contribution in [0.5, 0.6) is 0 Å². The molecule has 2 heteroatoms. The minimum Gasteiger partial charge on any atom is -0.118 e. The first-order valence-electron chi connectivity index (χ1n) is 4.56. The molecule has 0 aliphatic rings. The molecule has 1 rings (SSSR count). The lowest BCUT2D eigenvalue weighted by atomic mass is 10.0. The van der Waals surface area contributed by atoms with Crippen molar-refractivity contribution < 1.29 is 0 Å². The van der Waals surface area contributed by atoms with Gasteiger partial charge >= 0.3 is 0 Å². The van der Waals surface area contributed by atoms with Crippen LogP contribution in [-0.4, -0.2) is 10.2 Å². The molecule has 1 unspecified atom stereocenters. The molecule has 0 saturated carbocycles. The Labute approximate surface area is 88.7 Å². The van der Waals surface area contributed by atoms with Crippen LogP contribution in [0.2, 0.25) is 0 Å². The second kappa shape index (κ2) is 4.82. The van der Waals surface area contributed by atoms with E-state index in [1.54, 1.807) is 0 Å². The zero-order valence-electron chi connectivity index (χ0n) is 8.05. The first kappa shape index (κ1) is 10.8. The molecule has 0 fully saturated rings. The van der Waals surface area contributed by atoms with Crippen molar-refractivity contribution in [1.29, 1.82) is 0 Å². The summed E-state index contributed by atoms with van der Waals surface area (Å²) in [5.74, 6) is 0.633. The number of rotatable bonds is 3. The molecule has 0 bridgehead atoms. The third-order valence-corrected chi connectivity index (χ3v) is 2.85. The molecular weight excluding hydrogens is 196 g/mol. The van der Waals surface area contributed by atoms with Gasteiger partial charge in [0.05, 0.1) is 15.6 Å². The van der Waals surface area contributed by atoms with Crippen molar-refractivity contribution in [2.24, 2.45) is 5.92 Å². The van der Waals surface area contributed by atoms with E-state index in [0.29, 0.717) is 5.92 Å². The van der Waals surface area contributed by atoms with E-state index >= 15 is 0 Å². The molecule has 0 aliphatic carbocycles. The molecule has 0 spiro atoms. The fourth-order valence-corrected chi connectivity index (χ4v) is 2.30. The van der Waals surface area contributed by atoms with Crippen LogP contribution in [-0.2, 0) is 0 Å². The van der Waals surface area contributed by atoms with Crippen LogP contribution in [0.15, 0.2) is 24.3 Å². The molecule has 0 amide bonds. The Kier molecular flexibility index (Phi) is 4.01. The van der Waals surface area contributed by atoms with E-state index in [-0.39, 0.29) is 5.38 Å². The first-order chi connectivity index (χ1) is 6.11. The van der Waals surface area contributed by atoms with Gasteiger partial charge in [-0.15, -0.1) is 11.6 Å². The summed E-state index contributed by atoms with van der Waals surface area (Å²) in [5.41, 5.74) is 1.19. The van der Waals surface area contributed by atoms with Gasteiger partial charge in [0, 0.05) is 0 Å². The van der Waals surface area contributed by atoms with Gasteiger partial charge in [-0.3, -0.25) is 0 Å². The van der Waals surface area contributed by atoms with Gasteiger partial charge in [-0.2, -0.15) is 0 Å². The lowest BCUT2D eigenvalue weighted by Gasteiger charge is -2.14. The van der Waals surface area contributed by atoms with Crippen molar-refractivity contribution in [3.63, 3.8) is 0 Å². The number of halogens is 1. The zero-order valence-corrected chi connectivity index (χ0v) is 9.81. The van der Waals surface area contributed by atoms with Crippen LogP contribution in [0.3, 0.4) is 0 Å². The molecule has 13 heavy (non-hydrogen) atoms. The third-order valence-electron chi connectivity index (χ3n) is 1.98. The summed E-state index contributed by atoms with van der Waals surface area (Å²) < 4.78 is 0. The normalized spacial score (nSPS) is 13.3. The fraction of sp³-hybridized carbons (Fsp3) is 0.455. The molecular formula is C11H14ClSi. The summed E-state index contributed by atoms with van der Waals surface area (Å²) in [6.07, 6.45) is 1.02. The minimum atomic E-state index is 0.119. The summed E-state index contributed by atoms with van der Waals surface area (Å²) in [6, 6.07) is 8.13. The highest BCUT2D eigenvalue weighted by atomic mass is 35.5. The van der Waals surface area contributed by atoms with E-state index in [9.17, 15) is 0 Å². The Hall–Kier alpha value is -0.273. The van der Waals surface area contributed by atoms with Gasteiger partial charge in [0.2, 0.25) is 0 Å². The SMILES string of the molecule is CC(C)CC(Cl)c1ccccc1[Si]. The summed E-state index contributed by atoms with van der Waals surface area (Å²) >= 11 is 6.28. The summed E-state index contributed by atoms with van der Waals surface area (Å²) in [6.45, 7) is 4.37. The Morgan fingerprint density at radius 1 is 1.31 bits per heavy atom. The molecule has 0 heterocycles. The van der Waals surface area contributed by atoms with Crippen LogP contribution in [0.25, 0.3) is 0 Å². The average molecular weight is 210 g/mol. The largest absolute Gasteiger partial charge is 0.118 e. The van der Waals surface area contributed by atoms with E-state index in [4.69, 9.17) is 11.6 Å². The third kappa shape index (κ3) is 3.16. The Bertz CT molecular complexity index is 271. The van der Waals surface area contributed by atoms with Gasteiger partial charge in [-0.25, -0.2) is 0 Å². The lowest BCUT2D eigenvalue weighted by molar-refractivity contribution is 0.576. The average Bonchev–Trinajstić information content (AvgIpc) is 2.03. The minimum absolute atomic E-state index is 0.119. The quantitative estimate of drug-likeness (QED) is 0.531. The first-order valence-corrected chi connectivity index (χ1v) is 5.49. The monoisotopic (exact) mass is 209 g/mol. The van der Waals surface area contributed by atoms with E-state index in [0.717, 1.165) is 11.6 Å². The maximum atomic E-state index is 6.28. The van der Waals surface area contributed by atoms with Gasteiger partial charge in [-0.05, 0) is 17.9 Å². The van der Waals surface area contributed by atoms with Gasteiger partial charge in [0.25, 0.3) is 0 Å². The second-order valence-corrected chi connectivity index (χ2v) is 4.75. The van der Waals surface area contributed by atoms with Crippen LogP contribution in [0.1, 0.15) is 31.2 Å². The smallest absolute Gasteiger partial charge is 0.0716 e. The van der Waals surface area contributed by atoms with E-state index < -0.39 is 0 Å². The van der Waals surface area contributed by atoms with Crippen molar-refractivity contribution in [2.75, 3.05) is 0 Å². The Balaban J connectivity index is 2.76. The molecule has 3 radical (unpaired) electrons. The summed E-state index contributed by atoms with van der Waals surface area (Å²) in [5, 5.41) is 1.22. The van der Waals surface area contributed by atoms with Crippen molar-refractivity contribution >= 4 is 27.0 Å². The molecule has 1 atom stereocenters. The molecule has 0 aromatic heterocycles. The van der Waals surface area contributed by atoms with Gasteiger partial charge in [0.1, 0.15) is 0 Å². The van der Waals surface area contributed by atoms with Crippen molar-refractivity contribution in [3.8, 4) is 0 Å². The maximum Gasteiger partial charge on any atom is 0.0716 e. The van der Waals surface area contributed by atoms with Crippen molar-refractivity contribution in [1.82, 2.24) is 0 Å². The number of hydrogen-bond acceptors (Lipinski definition) is 0. The molecule has 69 valence electrons. The second-order valence-electron chi connectivity index (χ2n) is 3.68. The molecule has 1 aromatic rings. The van der Waals surface area contributed by atoms with E-state index in [2.05, 4.69) is 30.2 Å². The molecule has 0 nitrogen and oxygen atoms in total. The van der Waals surface area contributed by atoms with Crippen LogP contribution < -0.4 is 5.19 Å². The Morgan fingerprint density at radius 3 is 2.46 bits per heavy atom. The summed E-state index contributed by atoms with van der Waals surface area (Å²) in [7, 11) is 3.55. The summed E-state index contributed by atoms with van der Waals surface area (Å²) in [4.78, 5) is 0. The van der Waals surface area contributed by atoms with Gasteiger partial charge in [-0.1, -0.05) is 43.3 Å². The Morgan fingerprint density at radius 2 is 1.92 bits per heavy atom.